The lowest BCUT2D eigenvalue weighted by Gasteiger charge is -2.42. The Balaban J connectivity index is 1.44. The van der Waals surface area contributed by atoms with Crippen molar-refractivity contribution in [3.8, 4) is 16.8 Å². The van der Waals surface area contributed by atoms with Crippen molar-refractivity contribution in [2.45, 2.75) is 43.6 Å². The first kappa shape index (κ1) is 29.5. The zero-order valence-electron chi connectivity index (χ0n) is 21.7. The van der Waals surface area contributed by atoms with Crippen LogP contribution in [0, 0.1) is 18.6 Å². The summed E-state index contributed by atoms with van der Waals surface area (Å²) in [4.78, 5) is 8.32. The first-order valence-corrected chi connectivity index (χ1v) is 13.8. The molecule has 17 heteroatoms. The molecule has 0 spiro atoms. The van der Waals surface area contributed by atoms with Crippen LogP contribution in [0.1, 0.15) is 29.4 Å². The van der Waals surface area contributed by atoms with E-state index in [4.69, 9.17) is 16.3 Å². The summed E-state index contributed by atoms with van der Waals surface area (Å²) in [6.07, 6.45) is -8.63. The number of aromatic nitrogens is 6. The van der Waals surface area contributed by atoms with E-state index in [2.05, 4.69) is 20.2 Å². The molecule has 4 heterocycles. The number of thiazole rings is 1. The zero-order valence-corrected chi connectivity index (χ0v) is 23.3. The molecule has 0 radical (unpaired) electrons. The topological polar surface area (TPSA) is 131 Å². The molecule has 3 aromatic heterocycles. The fourth-order valence-corrected chi connectivity index (χ4v) is 6.06. The fraction of sp³-hybridized carbons (Fsp3) is 0.308. The van der Waals surface area contributed by atoms with E-state index in [-0.39, 0.29) is 33.3 Å². The van der Waals surface area contributed by atoms with E-state index in [0.717, 1.165) is 45.0 Å². The highest BCUT2D eigenvalue weighted by molar-refractivity contribution is 7.16. The second kappa shape index (κ2) is 10.9. The maximum Gasteiger partial charge on any atom is 0.418 e. The number of aliphatic hydroxyl groups excluding tert-OH is 3. The Morgan fingerprint density at radius 3 is 2.63 bits per heavy atom. The Labute approximate surface area is 247 Å². The molecule has 43 heavy (non-hydrogen) atoms. The van der Waals surface area contributed by atoms with Crippen LogP contribution >= 0.6 is 22.9 Å². The van der Waals surface area contributed by atoms with Crippen LogP contribution in [0.2, 0.25) is 5.02 Å². The normalized spacial score (nSPS) is 22.9. The minimum absolute atomic E-state index is 0.0253. The maximum absolute atomic E-state index is 14.9. The van der Waals surface area contributed by atoms with Gasteiger partial charge in [0.15, 0.2) is 17.5 Å². The van der Waals surface area contributed by atoms with E-state index in [9.17, 15) is 37.3 Å². The standard InChI is InChI=1S/C26H20ClF5N6O4S/c1-10-35-25(38(36-10)15-4-12(27)2-3-13(15)26(30,31)32)24-23(41)21(22(40)16(8-39)42-24)37-7-11(6-34-37)18-19(29)14(28)5-17-20(18)33-9-43-17/h2-7,9,16,21-24,39-41H,8H2,1H3/t16-,21+,22+,23-,24-/m1/s1. The predicted octanol–water partition coefficient (Wildman–Crippen LogP) is 4.39. The number of ether oxygens (including phenoxy) is 1. The number of rotatable bonds is 5. The summed E-state index contributed by atoms with van der Waals surface area (Å²) >= 11 is 7.12. The molecule has 226 valence electrons. The third-order valence-corrected chi connectivity index (χ3v) is 8.10. The predicted molar refractivity (Wildman–Crippen MR) is 143 cm³/mol. The van der Waals surface area contributed by atoms with Gasteiger partial charge >= 0.3 is 6.18 Å². The number of nitrogens with zero attached hydrogens (tertiary/aromatic N) is 6. The molecule has 0 aliphatic carbocycles. The van der Waals surface area contributed by atoms with Crippen LogP contribution in [-0.2, 0) is 10.9 Å². The highest BCUT2D eigenvalue weighted by Crippen LogP contribution is 2.42. The molecule has 5 aromatic rings. The van der Waals surface area contributed by atoms with Gasteiger partial charge < -0.3 is 20.1 Å². The maximum atomic E-state index is 14.9. The van der Waals surface area contributed by atoms with Gasteiger partial charge in [-0.15, -0.1) is 11.3 Å². The van der Waals surface area contributed by atoms with Crippen LogP contribution < -0.4 is 0 Å². The average Bonchev–Trinajstić information content (AvgIpc) is 3.69. The third-order valence-electron chi connectivity index (χ3n) is 7.09. The van der Waals surface area contributed by atoms with Gasteiger partial charge in [0.25, 0.3) is 0 Å². The number of hydrogen-bond acceptors (Lipinski definition) is 9. The molecule has 2 aromatic carbocycles. The molecule has 1 aliphatic heterocycles. The molecule has 0 unspecified atom stereocenters. The second-order valence-corrected chi connectivity index (χ2v) is 11.1. The Bertz CT molecular complexity index is 1830. The van der Waals surface area contributed by atoms with Crippen LogP contribution in [0.15, 0.2) is 42.2 Å². The molecule has 5 atom stereocenters. The molecular formula is C26H20ClF5N6O4S. The Kier molecular flexibility index (Phi) is 7.46. The minimum Gasteiger partial charge on any atom is -0.394 e. The van der Waals surface area contributed by atoms with Crippen molar-refractivity contribution < 1.29 is 42.0 Å². The van der Waals surface area contributed by atoms with E-state index in [1.807, 2.05) is 0 Å². The highest BCUT2D eigenvalue weighted by Gasteiger charge is 2.48. The van der Waals surface area contributed by atoms with E-state index in [1.54, 1.807) is 0 Å². The molecule has 3 N–H and O–H groups in total. The summed E-state index contributed by atoms with van der Waals surface area (Å²) in [6.45, 7) is 0.653. The number of aliphatic hydroxyl groups is 3. The molecule has 1 fully saturated rings. The number of fused-ring (bicyclic) bond motifs is 1. The van der Waals surface area contributed by atoms with Crippen LogP contribution in [-0.4, -0.2) is 69.8 Å². The summed E-state index contributed by atoms with van der Waals surface area (Å²) in [7, 11) is 0. The molecule has 0 amide bonds. The summed E-state index contributed by atoms with van der Waals surface area (Å²) in [5.74, 6) is -2.54. The van der Waals surface area contributed by atoms with Crippen molar-refractivity contribution in [3.63, 3.8) is 0 Å². The fourth-order valence-electron chi connectivity index (χ4n) is 5.18. The smallest absolute Gasteiger partial charge is 0.394 e. The van der Waals surface area contributed by atoms with Crippen molar-refractivity contribution in [1.82, 2.24) is 29.5 Å². The molecule has 6 rings (SSSR count). The largest absolute Gasteiger partial charge is 0.418 e. The second-order valence-electron chi connectivity index (χ2n) is 9.79. The quantitative estimate of drug-likeness (QED) is 0.241. The van der Waals surface area contributed by atoms with Crippen LogP contribution in [0.25, 0.3) is 27.0 Å². The lowest BCUT2D eigenvalue weighted by Crippen LogP contribution is -2.53. The molecular weight excluding hydrogens is 623 g/mol. The van der Waals surface area contributed by atoms with Gasteiger partial charge in [0, 0.05) is 16.8 Å². The van der Waals surface area contributed by atoms with Gasteiger partial charge in [-0.2, -0.15) is 23.4 Å². The Morgan fingerprint density at radius 1 is 1.14 bits per heavy atom. The van der Waals surface area contributed by atoms with Crippen molar-refractivity contribution in [1.29, 1.82) is 0 Å². The number of hydrogen-bond donors (Lipinski definition) is 3. The van der Waals surface area contributed by atoms with Gasteiger partial charge in [-0.05, 0) is 31.2 Å². The number of aryl methyl sites for hydroxylation is 1. The van der Waals surface area contributed by atoms with Crippen LogP contribution in [0.4, 0.5) is 22.0 Å². The van der Waals surface area contributed by atoms with Gasteiger partial charge in [0.05, 0.1) is 45.3 Å². The van der Waals surface area contributed by atoms with Crippen LogP contribution in [0.5, 0.6) is 0 Å². The van der Waals surface area contributed by atoms with E-state index < -0.39 is 66.1 Å². The van der Waals surface area contributed by atoms with E-state index in [0.29, 0.717) is 4.70 Å². The molecule has 10 nitrogen and oxygen atoms in total. The number of alkyl halides is 3. The van der Waals surface area contributed by atoms with E-state index >= 15 is 0 Å². The lowest BCUT2D eigenvalue weighted by atomic mass is 9.92. The van der Waals surface area contributed by atoms with Gasteiger partial charge in [0.1, 0.15) is 36.3 Å². The summed E-state index contributed by atoms with van der Waals surface area (Å²) in [5, 5.41) is 40.8. The zero-order chi connectivity index (χ0) is 30.8. The minimum atomic E-state index is -4.81. The van der Waals surface area contributed by atoms with Crippen molar-refractivity contribution >= 4 is 33.2 Å². The van der Waals surface area contributed by atoms with Crippen LogP contribution in [0.3, 0.4) is 0 Å². The van der Waals surface area contributed by atoms with Gasteiger partial charge in [-0.1, -0.05) is 11.6 Å². The Hall–Kier alpha value is -3.54. The van der Waals surface area contributed by atoms with Crippen molar-refractivity contribution in [2.75, 3.05) is 6.61 Å². The summed E-state index contributed by atoms with van der Waals surface area (Å²) in [6, 6.07) is 2.49. The highest BCUT2D eigenvalue weighted by atomic mass is 35.5. The lowest BCUT2D eigenvalue weighted by molar-refractivity contribution is -0.210. The first-order chi connectivity index (χ1) is 20.4. The molecule has 0 saturated carbocycles. The molecule has 1 saturated heterocycles. The summed E-state index contributed by atoms with van der Waals surface area (Å²) in [5.41, 5.74) is -0.111. The average molecular weight is 643 g/mol. The van der Waals surface area contributed by atoms with E-state index in [1.165, 1.54) is 24.8 Å². The van der Waals surface area contributed by atoms with Gasteiger partial charge in [0.2, 0.25) is 0 Å². The monoisotopic (exact) mass is 642 g/mol. The summed E-state index contributed by atoms with van der Waals surface area (Å²) < 4.78 is 79.1. The number of benzene rings is 2. The third kappa shape index (κ3) is 5.07. The van der Waals surface area contributed by atoms with Crippen molar-refractivity contribution in [2.24, 2.45) is 0 Å². The first-order valence-electron chi connectivity index (χ1n) is 12.6. The number of halogens is 6. The van der Waals surface area contributed by atoms with Crippen molar-refractivity contribution in [3.05, 3.63) is 76.0 Å². The Morgan fingerprint density at radius 2 is 1.91 bits per heavy atom. The molecule has 1 aliphatic rings. The SMILES string of the molecule is Cc1nc([C@@H]2O[C@H](CO)[C@H](O)[C@H](n3cc(-c4c(F)c(F)cc5scnc45)cn3)[C@H]2O)n(-c2cc(Cl)ccc2C(F)(F)F)n1. The molecule has 0 bridgehead atoms. The van der Waals surface area contributed by atoms with Gasteiger partial charge in [-0.25, -0.2) is 23.4 Å². The van der Waals surface area contributed by atoms with Gasteiger partial charge in [-0.3, -0.25) is 4.68 Å².